The van der Waals surface area contributed by atoms with Gasteiger partial charge < -0.3 is 9.84 Å². The monoisotopic (exact) mass is 248 g/mol. The third-order valence-corrected chi connectivity index (χ3v) is 2.57. The number of hydrogen-bond acceptors (Lipinski definition) is 4. The highest BCUT2D eigenvalue weighted by Gasteiger charge is 2.26. The van der Waals surface area contributed by atoms with Crippen molar-refractivity contribution < 1.29 is 19.4 Å². The van der Waals surface area contributed by atoms with Gasteiger partial charge in [0.1, 0.15) is 12.3 Å². The van der Waals surface area contributed by atoms with E-state index in [-0.39, 0.29) is 18.8 Å². The fourth-order valence-electron chi connectivity index (χ4n) is 1.72. The van der Waals surface area contributed by atoms with Crippen LogP contribution in [0.4, 0.5) is 4.79 Å². The van der Waals surface area contributed by atoms with E-state index in [1.165, 1.54) is 17.0 Å². The highest BCUT2D eigenvalue weighted by molar-refractivity contribution is 5.85. The molecule has 1 N–H and O–H groups in total. The first-order valence-electron chi connectivity index (χ1n) is 5.36. The van der Waals surface area contributed by atoms with Gasteiger partial charge in [0.15, 0.2) is 0 Å². The van der Waals surface area contributed by atoms with Crippen molar-refractivity contribution in [2.45, 2.75) is 13.1 Å². The lowest BCUT2D eigenvalue weighted by Gasteiger charge is -2.13. The number of hydrogen-bond donors (Lipinski definition) is 1. The zero-order valence-corrected chi connectivity index (χ0v) is 9.63. The number of nitrogens with zero attached hydrogens (tertiary/aromatic N) is 2. The van der Waals surface area contributed by atoms with Crippen molar-refractivity contribution in [2.24, 2.45) is 0 Å². The van der Waals surface area contributed by atoms with Gasteiger partial charge in [-0.05, 0) is 11.6 Å². The predicted octanol–water partition coefficient (Wildman–Crippen LogP) is 1.42. The van der Waals surface area contributed by atoms with Crippen molar-refractivity contribution in [3.8, 4) is 0 Å². The Morgan fingerprint density at radius 3 is 2.94 bits per heavy atom. The molecule has 0 aliphatic carbocycles. The van der Waals surface area contributed by atoms with Crippen LogP contribution in [0, 0.1) is 0 Å². The number of carbonyl (C=O) groups excluding carboxylic acids is 1. The molecule has 0 spiro atoms. The lowest BCUT2D eigenvalue weighted by Crippen LogP contribution is -2.26. The predicted molar refractivity (Wildman–Crippen MR) is 62.0 cm³/mol. The van der Waals surface area contributed by atoms with Crippen molar-refractivity contribution in [1.29, 1.82) is 0 Å². The smallest absolute Gasteiger partial charge is 0.410 e. The Bertz CT molecular complexity index is 513. The molecule has 1 aliphatic heterocycles. The molecule has 6 heteroatoms. The molecule has 1 aliphatic rings. The Morgan fingerprint density at radius 1 is 1.50 bits per heavy atom. The summed E-state index contributed by atoms with van der Waals surface area (Å²) in [5, 5.41) is 8.83. The van der Waals surface area contributed by atoms with Crippen LogP contribution in [0.25, 0.3) is 0 Å². The summed E-state index contributed by atoms with van der Waals surface area (Å²) in [7, 11) is 0. The van der Waals surface area contributed by atoms with E-state index in [0.29, 0.717) is 12.2 Å². The van der Waals surface area contributed by atoms with Crippen molar-refractivity contribution in [3.63, 3.8) is 0 Å². The summed E-state index contributed by atoms with van der Waals surface area (Å²) >= 11 is 0. The number of ether oxygens (including phenoxy) is 1. The first kappa shape index (κ1) is 12.1. The van der Waals surface area contributed by atoms with Crippen LogP contribution in [-0.4, -0.2) is 33.7 Å². The Morgan fingerprint density at radius 2 is 2.28 bits per heavy atom. The van der Waals surface area contributed by atoms with Gasteiger partial charge in [0.05, 0.1) is 18.8 Å². The van der Waals surface area contributed by atoms with Gasteiger partial charge in [0, 0.05) is 0 Å². The highest BCUT2D eigenvalue weighted by atomic mass is 16.6. The van der Waals surface area contributed by atoms with Crippen molar-refractivity contribution in [1.82, 2.24) is 9.88 Å². The Labute approximate surface area is 104 Å². The number of aromatic nitrogens is 1. The first-order valence-corrected chi connectivity index (χ1v) is 5.36. The molecule has 0 aromatic carbocycles. The van der Waals surface area contributed by atoms with E-state index in [2.05, 4.69) is 11.6 Å². The molecule has 6 nitrogen and oxygen atoms in total. The molecular weight excluding hydrogens is 236 g/mol. The molecule has 94 valence electrons. The van der Waals surface area contributed by atoms with Gasteiger partial charge in [0.2, 0.25) is 0 Å². The molecule has 18 heavy (non-hydrogen) atoms. The van der Waals surface area contributed by atoms with Crippen LogP contribution in [-0.2, 0) is 17.8 Å². The van der Waals surface area contributed by atoms with Crippen molar-refractivity contribution in [3.05, 3.63) is 41.7 Å². The number of carboxylic acid groups (broad SMARTS) is 1. The maximum atomic E-state index is 11.6. The maximum absolute atomic E-state index is 11.6. The zero-order chi connectivity index (χ0) is 13.1. The van der Waals surface area contributed by atoms with Crippen molar-refractivity contribution in [2.75, 3.05) is 6.61 Å². The molecule has 1 amide bonds. The van der Waals surface area contributed by atoms with E-state index in [4.69, 9.17) is 9.84 Å². The third kappa shape index (κ3) is 2.32. The quantitative estimate of drug-likeness (QED) is 0.818. The summed E-state index contributed by atoms with van der Waals surface area (Å²) in [6, 6.07) is 3.10. The van der Waals surface area contributed by atoms with E-state index < -0.39 is 12.1 Å². The lowest BCUT2D eigenvalue weighted by atomic mass is 10.2. The second-order valence-corrected chi connectivity index (χ2v) is 3.83. The molecule has 1 aromatic heterocycles. The van der Waals surface area contributed by atoms with Gasteiger partial charge in [0.25, 0.3) is 0 Å². The average Bonchev–Trinajstić information content (AvgIpc) is 2.78. The normalized spacial score (nSPS) is 13.0. The third-order valence-electron chi connectivity index (χ3n) is 2.57. The summed E-state index contributed by atoms with van der Waals surface area (Å²) < 4.78 is 4.91. The molecule has 0 atom stereocenters. The molecular formula is C12H12N2O4. The van der Waals surface area contributed by atoms with Crippen LogP contribution in [0.5, 0.6) is 0 Å². The van der Waals surface area contributed by atoms with Crippen LogP contribution in [0.1, 0.15) is 21.7 Å². The number of rotatable bonds is 3. The van der Waals surface area contributed by atoms with Gasteiger partial charge in [-0.1, -0.05) is 18.7 Å². The van der Waals surface area contributed by atoms with Gasteiger partial charge in [-0.25, -0.2) is 14.6 Å². The minimum Gasteiger partial charge on any atom is -0.477 e. The largest absolute Gasteiger partial charge is 0.477 e. The van der Waals surface area contributed by atoms with Crippen LogP contribution in [0.15, 0.2) is 24.8 Å². The van der Waals surface area contributed by atoms with E-state index >= 15 is 0 Å². The Balaban J connectivity index is 2.10. The van der Waals surface area contributed by atoms with Crippen LogP contribution >= 0.6 is 0 Å². The fourth-order valence-corrected chi connectivity index (χ4v) is 1.72. The number of fused-ring (bicyclic) bond motifs is 1. The van der Waals surface area contributed by atoms with E-state index in [1.54, 1.807) is 6.07 Å². The summed E-state index contributed by atoms with van der Waals surface area (Å²) in [6.07, 6.45) is 1.03. The topological polar surface area (TPSA) is 79.7 Å². The molecule has 2 heterocycles. The minimum atomic E-state index is -1.08. The SMILES string of the molecule is C=CCOC(=O)N1Cc2ccc(C(=O)O)nc2C1. The Hall–Kier alpha value is -2.37. The molecule has 0 saturated heterocycles. The number of aromatic carboxylic acids is 1. The first-order chi connectivity index (χ1) is 8.61. The molecule has 0 saturated carbocycles. The standard InChI is InChI=1S/C12H12N2O4/c1-2-5-18-12(17)14-6-8-3-4-9(11(15)16)13-10(8)7-14/h2-4H,1,5-7H2,(H,15,16). The van der Waals surface area contributed by atoms with Gasteiger partial charge in [-0.3, -0.25) is 4.90 Å². The lowest BCUT2D eigenvalue weighted by molar-refractivity contribution is 0.0690. The molecule has 0 bridgehead atoms. The summed E-state index contributed by atoms with van der Waals surface area (Å²) in [5.41, 5.74) is 1.43. The number of carbonyl (C=O) groups is 2. The molecule has 0 fully saturated rings. The molecule has 2 rings (SSSR count). The molecule has 0 radical (unpaired) electrons. The van der Waals surface area contributed by atoms with E-state index in [0.717, 1.165) is 5.56 Å². The molecule has 0 unspecified atom stereocenters. The summed E-state index contributed by atoms with van der Waals surface area (Å²) in [4.78, 5) is 27.8. The summed E-state index contributed by atoms with van der Waals surface area (Å²) in [5.74, 6) is -1.08. The Kier molecular flexibility index (Phi) is 3.27. The average molecular weight is 248 g/mol. The highest BCUT2D eigenvalue weighted by Crippen LogP contribution is 2.21. The van der Waals surface area contributed by atoms with E-state index in [1.807, 2.05) is 0 Å². The number of carboxylic acids is 1. The maximum Gasteiger partial charge on any atom is 0.410 e. The van der Waals surface area contributed by atoms with Gasteiger partial charge >= 0.3 is 12.1 Å². The van der Waals surface area contributed by atoms with Crippen LogP contribution in [0.2, 0.25) is 0 Å². The molecule has 1 aromatic rings. The second kappa shape index (κ2) is 4.87. The van der Waals surface area contributed by atoms with Crippen molar-refractivity contribution >= 4 is 12.1 Å². The van der Waals surface area contributed by atoms with Gasteiger partial charge in [-0.15, -0.1) is 0 Å². The fraction of sp³-hybridized carbons (Fsp3) is 0.250. The number of pyridine rings is 1. The van der Waals surface area contributed by atoms with Crippen LogP contribution in [0.3, 0.4) is 0 Å². The van der Waals surface area contributed by atoms with Gasteiger partial charge in [-0.2, -0.15) is 0 Å². The van der Waals surface area contributed by atoms with Crippen LogP contribution < -0.4 is 0 Å². The zero-order valence-electron chi connectivity index (χ0n) is 9.63. The second-order valence-electron chi connectivity index (χ2n) is 3.83. The summed E-state index contributed by atoms with van der Waals surface area (Å²) in [6.45, 7) is 4.27. The number of amides is 1. The minimum absolute atomic E-state index is 0.0185. The van der Waals surface area contributed by atoms with E-state index in [9.17, 15) is 9.59 Å².